The lowest BCUT2D eigenvalue weighted by atomic mass is 10.1. The molecule has 0 aliphatic carbocycles. The number of amides is 1. The Morgan fingerprint density at radius 1 is 1.17 bits per heavy atom. The minimum atomic E-state index is -5.00. The fourth-order valence-corrected chi connectivity index (χ4v) is 4.06. The number of alkyl halides is 3. The second-order valence-corrected chi connectivity index (χ2v) is 7.78. The third kappa shape index (κ3) is 3.67. The van der Waals surface area contributed by atoms with E-state index < -0.39 is 24.2 Å². The SMILES string of the molecule is O=C(c1ccc(CSC2=Nc3ccccc3C2)cc1)N1N=CCC1(O)C(F)(F)F. The molecule has 2 aromatic rings. The number of thioether (sulfide) groups is 1. The van der Waals surface area contributed by atoms with Gasteiger partial charge in [0.2, 0.25) is 0 Å². The Morgan fingerprint density at radius 2 is 1.90 bits per heavy atom. The molecule has 2 heterocycles. The normalized spacial score (nSPS) is 20.7. The molecule has 9 heteroatoms. The van der Waals surface area contributed by atoms with Crippen molar-refractivity contribution in [3.8, 4) is 0 Å². The molecule has 2 aromatic carbocycles. The van der Waals surface area contributed by atoms with Gasteiger partial charge in [-0.3, -0.25) is 4.79 Å². The molecule has 0 bridgehead atoms. The van der Waals surface area contributed by atoms with Crippen LogP contribution in [0.4, 0.5) is 18.9 Å². The van der Waals surface area contributed by atoms with E-state index >= 15 is 0 Å². The van der Waals surface area contributed by atoms with Gasteiger partial charge in [-0.2, -0.15) is 23.3 Å². The highest BCUT2D eigenvalue weighted by atomic mass is 32.2. The minimum Gasteiger partial charge on any atom is -0.362 e. The number of benzene rings is 2. The van der Waals surface area contributed by atoms with Crippen molar-refractivity contribution in [2.45, 2.75) is 30.5 Å². The van der Waals surface area contributed by atoms with Crippen molar-refractivity contribution in [2.75, 3.05) is 0 Å². The van der Waals surface area contributed by atoms with Gasteiger partial charge in [0.1, 0.15) is 0 Å². The van der Waals surface area contributed by atoms with E-state index in [-0.39, 0.29) is 10.6 Å². The first-order valence-electron chi connectivity index (χ1n) is 8.81. The van der Waals surface area contributed by atoms with Gasteiger partial charge in [0.05, 0.1) is 10.7 Å². The summed E-state index contributed by atoms with van der Waals surface area (Å²) in [6, 6.07) is 14.1. The number of aliphatic imine (C=N–C) groups is 1. The number of nitrogens with zero attached hydrogens (tertiary/aromatic N) is 3. The molecule has 4 rings (SSSR count). The van der Waals surface area contributed by atoms with Gasteiger partial charge in [0, 0.05) is 30.4 Å². The standard InChI is InChI=1S/C20H16F3N3O2S/c21-20(22,23)19(28)9-10-24-26(19)18(27)14-7-5-13(6-8-14)12-29-17-11-15-3-1-2-4-16(15)25-17/h1-8,10,28H,9,11-12H2. The monoisotopic (exact) mass is 419 g/mol. The molecule has 2 aliphatic rings. The summed E-state index contributed by atoms with van der Waals surface area (Å²) in [6.45, 7) is 0. The molecule has 1 atom stereocenters. The van der Waals surface area contributed by atoms with Crippen LogP contribution in [-0.4, -0.2) is 39.2 Å². The Balaban J connectivity index is 1.41. The predicted molar refractivity (Wildman–Crippen MR) is 105 cm³/mol. The molecule has 150 valence electrons. The van der Waals surface area contributed by atoms with Crippen LogP contribution < -0.4 is 0 Å². The zero-order valence-electron chi connectivity index (χ0n) is 15.1. The van der Waals surface area contributed by atoms with Gasteiger partial charge in [-0.25, -0.2) is 4.99 Å². The van der Waals surface area contributed by atoms with Gasteiger partial charge >= 0.3 is 6.18 Å². The topological polar surface area (TPSA) is 65.3 Å². The van der Waals surface area contributed by atoms with Crippen molar-refractivity contribution in [3.63, 3.8) is 0 Å². The Labute approximate surface area is 168 Å². The second-order valence-electron chi connectivity index (χ2n) is 6.73. The van der Waals surface area contributed by atoms with Gasteiger partial charge in [-0.15, -0.1) is 11.8 Å². The van der Waals surface area contributed by atoms with Crippen LogP contribution in [0.15, 0.2) is 58.6 Å². The smallest absolute Gasteiger partial charge is 0.362 e. The van der Waals surface area contributed by atoms with E-state index in [2.05, 4.69) is 10.1 Å². The van der Waals surface area contributed by atoms with Crippen LogP contribution in [0, 0.1) is 0 Å². The quantitative estimate of drug-likeness (QED) is 0.807. The predicted octanol–water partition coefficient (Wildman–Crippen LogP) is 4.29. The molecule has 0 aromatic heterocycles. The molecule has 29 heavy (non-hydrogen) atoms. The molecule has 0 radical (unpaired) electrons. The van der Waals surface area contributed by atoms with Crippen molar-refractivity contribution in [2.24, 2.45) is 10.1 Å². The Morgan fingerprint density at radius 3 is 2.59 bits per heavy atom. The molecule has 0 fully saturated rings. The number of hydrogen-bond acceptors (Lipinski definition) is 5. The molecule has 1 unspecified atom stereocenters. The molecule has 2 aliphatic heterocycles. The van der Waals surface area contributed by atoms with Crippen molar-refractivity contribution < 1.29 is 23.1 Å². The van der Waals surface area contributed by atoms with Crippen molar-refractivity contribution in [1.29, 1.82) is 0 Å². The highest BCUT2D eigenvalue weighted by Gasteiger charge is 2.61. The summed E-state index contributed by atoms with van der Waals surface area (Å²) in [5.74, 6) is -0.385. The summed E-state index contributed by atoms with van der Waals surface area (Å²) in [6.07, 6.45) is -4.13. The lowest BCUT2D eigenvalue weighted by molar-refractivity contribution is -0.297. The molecule has 5 nitrogen and oxygen atoms in total. The van der Waals surface area contributed by atoms with E-state index in [9.17, 15) is 23.1 Å². The number of para-hydroxylation sites is 1. The molecule has 0 saturated heterocycles. The molecule has 0 saturated carbocycles. The number of halogens is 3. The number of hydrogen-bond donors (Lipinski definition) is 1. The lowest BCUT2D eigenvalue weighted by Crippen LogP contribution is -2.56. The van der Waals surface area contributed by atoms with Crippen LogP contribution in [0.5, 0.6) is 0 Å². The maximum atomic E-state index is 13.1. The summed E-state index contributed by atoms with van der Waals surface area (Å²) in [5.41, 5.74) is -0.236. The molecule has 1 amide bonds. The van der Waals surface area contributed by atoms with Crippen LogP contribution in [0.2, 0.25) is 0 Å². The molecular formula is C20H16F3N3O2S. The molecule has 0 spiro atoms. The van der Waals surface area contributed by atoms with E-state index in [0.717, 1.165) is 28.9 Å². The summed E-state index contributed by atoms with van der Waals surface area (Å²) in [4.78, 5) is 17.0. The van der Waals surface area contributed by atoms with Crippen LogP contribution in [0.3, 0.4) is 0 Å². The minimum absolute atomic E-state index is 0.0195. The summed E-state index contributed by atoms with van der Waals surface area (Å²) in [5, 5.41) is 14.4. The number of aliphatic hydroxyl groups is 1. The fourth-order valence-electron chi connectivity index (χ4n) is 3.11. The van der Waals surface area contributed by atoms with E-state index in [1.807, 2.05) is 24.3 Å². The Hall–Kier alpha value is -2.65. The first kappa shape index (κ1) is 19.7. The van der Waals surface area contributed by atoms with E-state index in [0.29, 0.717) is 5.75 Å². The van der Waals surface area contributed by atoms with E-state index in [1.165, 1.54) is 17.7 Å². The van der Waals surface area contributed by atoms with Gasteiger partial charge in [-0.05, 0) is 29.3 Å². The van der Waals surface area contributed by atoms with Gasteiger partial charge in [0.15, 0.2) is 0 Å². The summed E-state index contributed by atoms with van der Waals surface area (Å²) < 4.78 is 39.4. The largest absolute Gasteiger partial charge is 0.438 e. The number of rotatable bonds is 3. The number of carbonyl (C=O) groups excluding carboxylic acids is 1. The maximum absolute atomic E-state index is 13.1. The highest BCUT2D eigenvalue weighted by Crippen LogP contribution is 2.39. The van der Waals surface area contributed by atoms with E-state index in [1.54, 1.807) is 23.9 Å². The Kier molecular flexibility index (Phi) is 4.95. The lowest BCUT2D eigenvalue weighted by Gasteiger charge is -2.32. The van der Waals surface area contributed by atoms with Crippen LogP contribution >= 0.6 is 11.8 Å². The molecular weight excluding hydrogens is 403 g/mol. The van der Waals surface area contributed by atoms with Gasteiger partial charge in [-0.1, -0.05) is 30.3 Å². The summed E-state index contributed by atoms with van der Waals surface area (Å²) >= 11 is 1.58. The second kappa shape index (κ2) is 7.31. The fraction of sp³-hybridized carbons (Fsp3) is 0.250. The third-order valence-corrected chi connectivity index (χ3v) is 5.80. The average molecular weight is 419 g/mol. The molecule has 1 N–H and O–H groups in total. The first-order valence-corrected chi connectivity index (χ1v) is 9.80. The summed E-state index contributed by atoms with van der Waals surface area (Å²) in [7, 11) is 0. The number of hydrazone groups is 1. The zero-order valence-corrected chi connectivity index (χ0v) is 15.9. The number of carbonyl (C=O) groups is 1. The third-order valence-electron chi connectivity index (χ3n) is 4.75. The zero-order chi connectivity index (χ0) is 20.6. The van der Waals surface area contributed by atoms with Gasteiger partial charge in [0.25, 0.3) is 11.6 Å². The van der Waals surface area contributed by atoms with Crippen LogP contribution in [0.25, 0.3) is 0 Å². The van der Waals surface area contributed by atoms with Crippen LogP contribution in [-0.2, 0) is 12.2 Å². The average Bonchev–Trinajstić information content (AvgIpc) is 3.29. The van der Waals surface area contributed by atoms with Crippen molar-refractivity contribution in [1.82, 2.24) is 5.01 Å². The van der Waals surface area contributed by atoms with Crippen LogP contribution in [0.1, 0.15) is 27.9 Å². The first-order chi connectivity index (χ1) is 13.8. The Bertz CT molecular complexity index is 1000. The van der Waals surface area contributed by atoms with Crippen molar-refractivity contribution >= 4 is 34.6 Å². The van der Waals surface area contributed by atoms with Crippen molar-refractivity contribution in [3.05, 3.63) is 65.2 Å². The maximum Gasteiger partial charge on any atom is 0.438 e. The number of fused-ring (bicyclic) bond motifs is 1. The van der Waals surface area contributed by atoms with E-state index in [4.69, 9.17) is 0 Å². The van der Waals surface area contributed by atoms with Gasteiger partial charge < -0.3 is 5.11 Å². The highest BCUT2D eigenvalue weighted by molar-refractivity contribution is 8.13.